The van der Waals surface area contributed by atoms with E-state index in [4.69, 9.17) is 0 Å². The van der Waals surface area contributed by atoms with Crippen molar-refractivity contribution in [1.29, 1.82) is 0 Å². The number of hydrogen-bond donors (Lipinski definition) is 1. The molecule has 0 saturated heterocycles. The maximum absolute atomic E-state index is 11.7. The molecule has 0 radical (unpaired) electrons. The highest BCUT2D eigenvalue weighted by atomic mass is 79.9. The van der Waals surface area contributed by atoms with Crippen molar-refractivity contribution in [2.24, 2.45) is 5.92 Å². The SMILES string of the molecule is CC(CBr)CCCNC(=O)CC(F)(F)F. The second-order valence-corrected chi connectivity index (χ2v) is 4.19. The van der Waals surface area contributed by atoms with Crippen LogP contribution in [0.15, 0.2) is 0 Å². The highest BCUT2D eigenvalue weighted by Gasteiger charge is 2.30. The van der Waals surface area contributed by atoms with E-state index >= 15 is 0 Å². The number of halogens is 4. The third-order valence-corrected chi connectivity index (χ3v) is 2.93. The van der Waals surface area contributed by atoms with Gasteiger partial charge in [-0.15, -0.1) is 0 Å². The molecule has 1 unspecified atom stereocenters. The van der Waals surface area contributed by atoms with Crippen LogP contribution in [0, 0.1) is 5.92 Å². The van der Waals surface area contributed by atoms with Gasteiger partial charge in [-0.25, -0.2) is 0 Å². The zero-order valence-electron chi connectivity index (χ0n) is 8.53. The molecule has 0 rings (SSSR count). The Morgan fingerprint density at radius 2 is 2.07 bits per heavy atom. The van der Waals surface area contributed by atoms with Crippen molar-refractivity contribution in [2.45, 2.75) is 32.4 Å². The van der Waals surface area contributed by atoms with Crippen LogP contribution in [-0.2, 0) is 4.79 Å². The van der Waals surface area contributed by atoms with Gasteiger partial charge in [0.1, 0.15) is 6.42 Å². The number of alkyl halides is 4. The van der Waals surface area contributed by atoms with Crippen molar-refractivity contribution in [3.63, 3.8) is 0 Å². The number of rotatable bonds is 6. The summed E-state index contributed by atoms with van der Waals surface area (Å²) < 4.78 is 35.2. The summed E-state index contributed by atoms with van der Waals surface area (Å²) in [5, 5.41) is 3.11. The molecule has 0 aromatic rings. The molecule has 1 atom stereocenters. The summed E-state index contributed by atoms with van der Waals surface area (Å²) in [6.45, 7) is 2.35. The van der Waals surface area contributed by atoms with Gasteiger partial charge in [0.15, 0.2) is 0 Å². The minimum Gasteiger partial charge on any atom is -0.356 e. The van der Waals surface area contributed by atoms with Crippen LogP contribution in [-0.4, -0.2) is 24.0 Å². The Kier molecular flexibility index (Phi) is 6.96. The molecule has 0 aliphatic rings. The summed E-state index contributed by atoms with van der Waals surface area (Å²) in [7, 11) is 0. The van der Waals surface area contributed by atoms with E-state index in [2.05, 4.69) is 21.2 Å². The van der Waals surface area contributed by atoms with Gasteiger partial charge in [-0.2, -0.15) is 13.2 Å². The van der Waals surface area contributed by atoms with Gasteiger partial charge in [-0.05, 0) is 18.8 Å². The lowest BCUT2D eigenvalue weighted by Gasteiger charge is -2.09. The predicted octanol–water partition coefficient (Wildman–Crippen LogP) is 2.87. The molecule has 15 heavy (non-hydrogen) atoms. The van der Waals surface area contributed by atoms with Gasteiger partial charge in [-0.1, -0.05) is 22.9 Å². The average molecular weight is 290 g/mol. The van der Waals surface area contributed by atoms with Gasteiger partial charge in [0.05, 0.1) is 0 Å². The first-order valence-corrected chi connectivity index (χ1v) is 5.86. The minimum atomic E-state index is -4.41. The first kappa shape index (κ1) is 14.7. The zero-order chi connectivity index (χ0) is 11.9. The molecule has 1 N–H and O–H groups in total. The average Bonchev–Trinajstić information content (AvgIpc) is 2.09. The van der Waals surface area contributed by atoms with E-state index in [9.17, 15) is 18.0 Å². The normalized spacial score (nSPS) is 13.7. The first-order chi connectivity index (χ1) is 6.85. The Hall–Kier alpha value is -0.260. The van der Waals surface area contributed by atoms with E-state index in [1.165, 1.54) is 0 Å². The summed E-state index contributed by atoms with van der Waals surface area (Å²) >= 11 is 3.30. The predicted molar refractivity (Wildman–Crippen MR) is 55.9 cm³/mol. The largest absolute Gasteiger partial charge is 0.397 e. The van der Waals surface area contributed by atoms with Crippen molar-refractivity contribution < 1.29 is 18.0 Å². The van der Waals surface area contributed by atoms with E-state index < -0.39 is 18.5 Å². The molecule has 90 valence electrons. The minimum absolute atomic E-state index is 0.312. The van der Waals surface area contributed by atoms with Crippen LogP contribution >= 0.6 is 15.9 Å². The van der Waals surface area contributed by atoms with E-state index in [1.54, 1.807) is 0 Å². The third-order valence-electron chi connectivity index (χ3n) is 1.82. The number of amides is 1. The van der Waals surface area contributed by atoms with Crippen LogP contribution < -0.4 is 5.32 Å². The highest BCUT2D eigenvalue weighted by Crippen LogP contribution is 2.18. The monoisotopic (exact) mass is 289 g/mol. The van der Waals surface area contributed by atoms with Crippen LogP contribution in [0.25, 0.3) is 0 Å². The Morgan fingerprint density at radius 1 is 1.47 bits per heavy atom. The fourth-order valence-electron chi connectivity index (χ4n) is 1.00. The fourth-order valence-corrected chi connectivity index (χ4v) is 1.32. The summed E-state index contributed by atoms with van der Waals surface area (Å²) in [5.74, 6) is -0.474. The number of nitrogens with one attached hydrogen (secondary N) is 1. The Bertz CT molecular complexity index is 196. The smallest absolute Gasteiger partial charge is 0.356 e. The molecular formula is C9H15BrF3NO. The van der Waals surface area contributed by atoms with Crippen molar-refractivity contribution in [3.05, 3.63) is 0 Å². The van der Waals surface area contributed by atoms with E-state index in [0.29, 0.717) is 18.9 Å². The standard InChI is InChI=1S/C9H15BrF3NO/c1-7(6-10)3-2-4-14-8(15)5-9(11,12)13/h7H,2-6H2,1H3,(H,14,15). The molecule has 0 fully saturated rings. The Balaban J connectivity index is 3.48. The van der Waals surface area contributed by atoms with Crippen molar-refractivity contribution in [1.82, 2.24) is 5.32 Å². The second-order valence-electron chi connectivity index (χ2n) is 3.54. The van der Waals surface area contributed by atoms with Crippen molar-refractivity contribution in [3.8, 4) is 0 Å². The van der Waals surface area contributed by atoms with E-state index in [0.717, 1.165) is 11.8 Å². The lowest BCUT2D eigenvalue weighted by Crippen LogP contribution is -2.29. The van der Waals surface area contributed by atoms with Gasteiger partial charge < -0.3 is 5.32 Å². The molecule has 0 spiro atoms. The van der Waals surface area contributed by atoms with E-state index in [1.807, 2.05) is 6.92 Å². The number of carbonyl (C=O) groups excluding carboxylic acids is 1. The molecule has 1 amide bonds. The van der Waals surface area contributed by atoms with Gasteiger partial charge in [-0.3, -0.25) is 4.79 Å². The Labute approximate surface area is 95.7 Å². The molecule has 0 saturated carbocycles. The molecule has 0 aromatic heterocycles. The topological polar surface area (TPSA) is 29.1 Å². The summed E-state index contributed by atoms with van der Waals surface area (Å²) in [6.07, 6.45) is -4.21. The summed E-state index contributed by atoms with van der Waals surface area (Å²) in [6, 6.07) is 0. The van der Waals surface area contributed by atoms with Gasteiger partial charge in [0.2, 0.25) is 5.91 Å². The van der Waals surface area contributed by atoms with E-state index in [-0.39, 0.29) is 0 Å². The third kappa shape index (κ3) is 10.0. The lowest BCUT2D eigenvalue weighted by atomic mass is 10.1. The van der Waals surface area contributed by atoms with Gasteiger partial charge >= 0.3 is 6.18 Å². The van der Waals surface area contributed by atoms with Crippen LogP contribution in [0.5, 0.6) is 0 Å². The summed E-state index contributed by atoms with van der Waals surface area (Å²) in [5.41, 5.74) is 0. The zero-order valence-corrected chi connectivity index (χ0v) is 10.1. The lowest BCUT2D eigenvalue weighted by molar-refractivity contribution is -0.153. The number of carbonyl (C=O) groups is 1. The number of hydrogen-bond acceptors (Lipinski definition) is 1. The fraction of sp³-hybridized carbons (Fsp3) is 0.889. The summed E-state index contributed by atoms with van der Waals surface area (Å²) in [4.78, 5) is 10.7. The first-order valence-electron chi connectivity index (χ1n) is 4.74. The maximum atomic E-state index is 11.7. The molecule has 6 heteroatoms. The molecule has 0 aromatic carbocycles. The molecule has 0 heterocycles. The molecule has 0 bridgehead atoms. The molecule has 0 aliphatic heterocycles. The van der Waals surface area contributed by atoms with Crippen molar-refractivity contribution >= 4 is 21.8 Å². The van der Waals surface area contributed by atoms with Crippen LogP contribution in [0.1, 0.15) is 26.2 Å². The molecular weight excluding hydrogens is 275 g/mol. The molecule has 2 nitrogen and oxygen atoms in total. The second kappa shape index (κ2) is 7.09. The van der Waals surface area contributed by atoms with Crippen LogP contribution in [0.3, 0.4) is 0 Å². The van der Waals surface area contributed by atoms with Crippen LogP contribution in [0.2, 0.25) is 0 Å². The maximum Gasteiger partial charge on any atom is 0.397 e. The van der Waals surface area contributed by atoms with Gasteiger partial charge in [0.25, 0.3) is 0 Å². The van der Waals surface area contributed by atoms with Crippen LogP contribution in [0.4, 0.5) is 13.2 Å². The van der Waals surface area contributed by atoms with Gasteiger partial charge in [0, 0.05) is 11.9 Å². The Morgan fingerprint density at radius 3 is 2.53 bits per heavy atom. The highest BCUT2D eigenvalue weighted by molar-refractivity contribution is 9.09. The molecule has 0 aliphatic carbocycles. The van der Waals surface area contributed by atoms with Crippen molar-refractivity contribution in [2.75, 3.05) is 11.9 Å². The quantitative estimate of drug-likeness (QED) is 0.591.